The van der Waals surface area contributed by atoms with Gasteiger partial charge in [0.25, 0.3) is 12.1 Å². The number of aromatic nitrogens is 1. The van der Waals surface area contributed by atoms with Crippen molar-refractivity contribution in [3.05, 3.63) is 32.6 Å². The van der Waals surface area contributed by atoms with Crippen LogP contribution in [-0.4, -0.2) is 22.5 Å². The fraction of sp³-hybridized carbons (Fsp3) is 0.400. The van der Waals surface area contributed by atoms with Crippen molar-refractivity contribution >= 4 is 23.3 Å². The van der Waals surface area contributed by atoms with Gasteiger partial charge >= 0.3 is 5.97 Å². The van der Waals surface area contributed by atoms with Gasteiger partial charge in [-0.05, 0) is 6.92 Å². The summed E-state index contributed by atoms with van der Waals surface area (Å²) in [5, 5.41) is 10.5. The van der Waals surface area contributed by atoms with Gasteiger partial charge in [-0.2, -0.15) is 0 Å². The van der Waals surface area contributed by atoms with Crippen molar-refractivity contribution in [2.24, 2.45) is 0 Å². The molecule has 0 amide bonds. The molecule has 0 saturated carbocycles. The van der Waals surface area contributed by atoms with Gasteiger partial charge in [0.15, 0.2) is 0 Å². The Bertz CT molecular complexity index is 511. The number of ether oxygens (including phenoxy) is 1. The van der Waals surface area contributed by atoms with Gasteiger partial charge in [0.05, 0.1) is 23.5 Å². The first kappa shape index (κ1) is 15.2. The zero-order valence-corrected chi connectivity index (χ0v) is 10.5. The second-order valence-corrected chi connectivity index (χ2v) is 3.73. The molecular formula is C10H9ClF2N2O4. The molecule has 6 nitrogen and oxygen atoms in total. The maximum Gasteiger partial charge on any atom is 0.310 e. The standard InChI is InChI=1S/C10H9ClF2N2O4/c1-2-19-7(16)3-5-8(15(17)18)6(10(12)13)4-14-9(5)11/h4,10H,2-3H2,1H3. The van der Waals surface area contributed by atoms with Crippen LogP contribution in [-0.2, 0) is 16.0 Å². The third-order valence-electron chi connectivity index (χ3n) is 2.17. The normalized spacial score (nSPS) is 10.6. The number of halogens is 3. The Kier molecular flexibility index (Phi) is 5.11. The van der Waals surface area contributed by atoms with E-state index < -0.39 is 35.0 Å². The molecule has 1 rings (SSSR count). The van der Waals surface area contributed by atoms with Gasteiger partial charge in [-0.3, -0.25) is 14.9 Å². The number of nitrogens with zero attached hydrogens (tertiary/aromatic N) is 2. The predicted molar refractivity (Wildman–Crippen MR) is 61.2 cm³/mol. The molecule has 0 N–H and O–H groups in total. The van der Waals surface area contributed by atoms with Crippen LogP contribution >= 0.6 is 11.6 Å². The molecule has 0 aliphatic rings. The van der Waals surface area contributed by atoms with Crippen LogP contribution in [0.5, 0.6) is 0 Å². The minimum absolute atomic E-state index is 0.0617. The highest BCUT2D eigenvalue weighted by Gasteiger charge is 2.30. The first-order chi connectivity index (χ1) is 8.88. The molecule has 0 aliphatic carbocycles. The summed E-state index contributed by atoms with van der Waals surface area (Å²) < 4.78 is 30.0. The third-order valence-corrected chi connectivity index (χ3v) is 2.50. The van der Waals surface area contributed by atoms with Crippen LogP contribution in [0, 0.1) is 10.1 Å². The number of alkyl halides is 2. The Morgan fingerprint density at radius 2 is 2.26 bits per heavy atom. The number of nitro groups is 1. The molecule has 0 bridgehead atoms. The quantitative estimate of drug-likeness (QED) is 0.361. The van der Waals surface area contributed by atoms with Crippen LogP contribution in [0.25, 0.3) is 0 Å². The highest BCUT2D eigenvalue weighted by molar-refractivity contribution is 6.30. The van der Waals surface area contributed by atoms with E-state index in [0.29, 0.717) is 6.20 Å². The average Bonchev–Trinajstić information content (AvgIpc) is 2.31. The van der Waals surface area contributed by atoms with Crippen molar-refractivity contribution in [1.82, 2.24) is 4.98 Å². The van der Waals surface area contributed by atoms with E-state index in [1.807, 2.05) is 0 Å². The highest BCUT2D eigenvalue weighted by Crippen LogP contribution is 2.34. The highest BCUT2D eigenvalue weighted by atomic mass is 35.5. The molecule has 0 atom stereocenters. The summed E-state index contributed by atoms with van der Waals surface area (Å²) in [5.41, 5.74) is -2.15. The van der Waals surface area contributed by atoms with Crippen molar-refractivity contribution in [2.75, 3.05) is 6.61 Å². The van der Waals surface area contributed by atoms with Crippen LogP contribution in [0.3, 0.4) is 0 Å². The summed E-state index contributed by atoms with van der Waals surface area (Å²) in [4.78, 5) is 24.6. The average molecular weight is 295 g/mol. The maximum absolute atomic E-state index is 12.7. The summed E-state index contributed by atoms with van der Waals surface area (Å²) in [5.74, 6) is -0.805. The first-order valence-electron chi connectivity index (χ1n) is 5.13. The predicted octanol–water partition coefficient (Wildman–Crippen LogP) is 2.69. The lowest BCUT2D eigenvalue weighted by atomic mass is 10.1. The van der Waals surface area contributed by atoms with E-state index in [1.54, 1.807) is 6.92 Å². The van der Waals surface area contributed by atoms with E-state index in [2.05, 4.69) is 9.72 Å². The Morgan fingerprint density at radius 1 is 1.63 bits per heavy atom. The molecule has 0 unspecified atom stereocenters. The summed E-state index contributed by atoms with van der Waals surface area (Å²) >= 11 is 5.63. The zero-order valence-electron chi connectivity index (χ0n) is 9.73. The van der Waals surface area contributed by atoms with E-state index in [1.165, 1.54) is 0 Å². The monoisotopic (exact) mass is 294 g/mol. The fourth-order valence-corrected chi connectivity index (χ4v) is 1.63. The Morgan fingerprint density at radius 3 is 2.74 bits per heavy atom. The molecule has 9 heteroatoms. The van der Waals surface area contributed by atoms with Gasteiger partial charge in [-0.15, -0.1) is 0 Å². The Balaban J connectivity index is 3.31. The van der Waals surface area contributed by atoms with Gasteiger partial charge in [0.2, 0.25) is 0 Å². The van der Waals surface area contributed by atoms with Gasteiger partial charge < -0.3 is 4.74 Å². The topological polar surface area (TPSA) is 82.3 Å². The molecule has 1 heterocycles. The minimum atomic E-state index is -3.09. The number of carbonyl (C=O) groups is 1. The largest absolute Gasteiger partial charge is 0.466 e. The molecule has 0 spiro atoms. The molecule has 0 saturated heterocycles. The minimum Gasteiger partial charge on any atom is -0.466 e. The van der Waals surface area contributed by atoms with Crippen LogP contribution in [0.15, 0.2) is 6.20 Å². The van der Waals surface area contributed by atoms with Crippen LogP contribution < -0.4 is 0 Å². The molecule has 1 aromatic rings. The van der Waals surface area contributed by atoms with Crippen LogP contribution in [0.4, 0.5) is 14.5 Å². The van der Waals surface area contributed by atoms with E-state index >= 15 is 0 Å². The number of hydrogen-bond acceptors (Lipinski definition) is 5. The van der Waals surface area contributed by atoms with Crippen LogP contribution in [0.1, 0.15) is 24.5 Å². The van der Waals surface area contributed by atoms with E-state index in [-0.39, 0.29) is 17.3 Å². The lowest BCUT2D eigenvalue weighted by Gasteiger charge is -2.08. The van der Waals surface area contributed by atoms with Gasteiger partial charge in [0.1, 0.15) is 10.7 Å². The molecule has 0 radical (unpaired) electrons. The van der Waals surface area contributed by atoms with Crippen molar-refractivity contribution in [2.45, 2.75) is 19.8 Å². The van der Waals surface area contributed by atoms with Crippen molar-refractivity contribution in [3.8, 4) is 0 Å². The van der Waals surface area contributed by atoms with Crippen molar-refractivity contribution < 1.29 is 23.2 Å². The lowest BCUT2D eigenvalue weighted by molar-refractivity contribution is -0.387. The lowest BCUT2D eigenvalue weighted by Crippen LogP contribution is -2.12. The molecule has 0 fully saturated rings. The van der Waals surface area contributed by atoms with E-state index in [4.69, 9.17) is 11.6 Å². The number of esters is 1. The molecule has 19 heavy (non-hydrogen) atoms. The second kappa shape index (κ2) is 6.37. The number of pyridine rings is 1. The number of rotatable bonds is 5. The van der Waals surface area contributed by atoms with Crippen molar-refractivity contribution in [3.63, 3.8) is 0 Å². The Labute approximate surface area is 111 Å². The summed E-state index contributed by atoms with van der Waals surface area (Å²) in [7, 11) is 0. The molecule has 1 aromatic heterocycles. The maximum atomic E-state index is 12.7. The van der Waals surface area contributed by atoms with Gasteiger partial charge in [0, 0.05) is 6.20 Å². The molecule has 0 aliphatic heterocycles. The molecule has 0 aromatic carbocycles. The van der Waals surface area contributed by atoms with Gasteiger partial charge in [-0.25, -0.2) is 13.8 Å². The van der Waals surface area contributed by atoms with Crippen LogP contribution in [0.2, 0.25) is 5.15 Å². The van der Waals surface area contributed by atoms with Crippen molar-refractivity contribution in [1.29, 1.82) is 0 Å². The molecule has 104 valence electrons. The summed E-state index contributed by atoms with van der Waals surface area (Å²) in [6.07, 6.45) is -3.05. The SMILES string of the molecule is CCOC(=O)Cc1c(Cl)ncc(C(F)F)c1[N+](=O)[O-]. The van der Waals surface area contributed by atoms with E-state index in [0.717, 1.165) is 0 Å². The Hall–Kier alpha value is -1.83. The number of carbonyl (C=O) groups excluding carboxylic acids is 1. The second-order valence-electron chi connectivity index (χ2n) is 3.37. The zero-order chi connectivity index (χ0) is 14.6. The molecular weight excluding hydrogens is 286 g/mol. The smallest absolute Gasteiger partial charge is 0.310 e. The van der Waals surface area contributed by atoms with Gasteiger partial charge in [-0.1, -0.05) is 11.6 Å². The number of hydrogen-bond donors (Lipinski definition) is 0. The first-order valence-corrected chi connectivity index (χ1v) is 5.51. The van der Waals surface area contributed by atoms with E-state index in [9.17, 15) is 23.7 Å². The fourth-order valence-electron chi connectivity index (χ4n) is 1.43. The summed E-state index contributed by atoms with van der Waals surface area (Å²) in [6.45, 7) is 1.61. The third kappa shape index (κ3) is 3.57. The summed E-state index contributed by atoms with van der Waals surface area (Å²) in [6, 6.07) is 0.